The number of fused-ring (bicyclic) bond motifs is 1. The third-order valence-corrected chi connectivity index (χ3v) is 4.08. The summed E-state index contributed by atoms with van der Waals surface area (Å²) in [5.41, 5.74) is 2.05. The monoisotopic (exact) mass is 250 g/mol. The summed E-state index contributed by atoms with van der Waals surface area (Å²) in [6, 6.07) is 1.65. The predicted molar refractivity (Wildman–Crippen MR) is 65.1 cm³/mol. The number of aromatic nitrogens is 1. The number of aliphatic hydroxyl groups is 1. The van der Waals surface area contributed by atoms with Gasteiger partial charge in [-0.3, -0.25) is 9.69 Å². The van der Waals surface area contributed by atoms with Gasteiger partial charge < -0.3 is 14.8 Å². The minimum absolute atomic E-state index is 0.362. The van der Waals surface area contributed by atoms with Gasteiger partial charge in [-0.05, 0) is 37.4 Å². The molecule has 1 fully saturated rings. The number of carboxylic acids is 1. The van der Waals surface area contributed by atoms with E-state index < -0.39 is 5.97 Å². The van der Waals surface area contributed by atoms with Crippen LogP contribution in [0.5, 0.6) is 0 Å². The lowest BCUT2D eigenvalue weighted by Gasteiger charge is -2.21. The van der Waals surface area contributed by atoms with Gasteiger partial charge in [0.25, 0.3) is 0 Å². The molecular formula is C13H18N2O3. The molecule has 5 heteroatoms. The van der Waals surface area contributed by atoms with Gasteiger partial charge in [-0.2, -0.15) is 0 Å². The van der Waals surface area contributed by atoms with Crippen molar-refractivity contribution in [2.45, 2.75) is 44.5 Å². The molecular weight excluding hydrogens is 232 g/mol. The maximum Gasteiger partial charge on any atom is 0.320 e. The molecule has 0 bridgehead atoms. The maximum atomic E-state index is 11.1. The van der Waals surface area contributed by atoms with Crippen molar-refractivity contribution in [2.75, 3.05) is 6.54 Å². The molecule has 0 saturated carbocycles. The average molecular weight is 250 g/mol. The third-order valence-electron chi connectivity index (χ3n) is 4.08. The zero-order chi connectivity index (χ0) is 12.7. The molecule has 2 N–H and O–H groups in total. The zero-order valence-corrected chi connectivity index (χ0v) is 10.2. The quantitative estimate of drug-likeness (QED) is 0.839. The second kappa shape index (κ2) is 4.40. The van der Waals surface area contributed by atoms with Crippen LogP contribution in [0.1, 0.15) is 36.6 Å². The Morgan fingerprint density at radius 3 is 3.00 bits per heavy atom. The Hall–Kier alpha value is -1.33. The van der Waals surface area contributed by atoms with E-state index in [0.717, 1.165) is 43.6 Å². The van der Waals surface area contributed by atoms with Crippen molar-refractivity contribution < 1.29 is 15.0 Å². The zero-order valence-electron chi connectivity index (χ0n) is 10.2. The molecule has 5 nitrogen and oxygen atoms in total. The van der Waals surface area contributed by atoms with E-state index in [-0.39, 0.29) is 12.1 Å². The van der Waals surface area contributed by atoms with Crippen molar-refractivity contribution in [2.24, 2.45) is 0 Å². The van der Waals surface area contributed by atoms with Crippen molar-refractivity contribution in [3.63, 3.8) is 0 Å². The van der Waals surface area contributed by atoms with Crippen molar-refractivity contribution in [3.8, 4) is 0 Å². The van der Waals surface area contributed by atoms with Crippen LogP contribution in [-0.4, -0.2) is 38.2 Å². The number of hydrogen-bond donors (Lipinski definition) is 2. The van der Waals surface area contributed by atoms with Crippen molar-refractivity contribution >= 4 is 5.97 Å². The number of aliphatic carboxylic acids is 1. The highest BCUT2D eigenvalue weighted by Crippen LogP contribution is 2.31. The van der Waals surface area contributed by atoms with E-state index >= 15 is 0 Å². The fraction of sp³-hybridized carbons (Fsp3) is 0.615. The second-order valence-corrected chi connectivity index (χ2v) is 5.19. The van der Waals surface area contributed by atoms with Crippen LogP contribution >= 0.6 is 0 Å². The number of aryl methyl sites for hydroxylation is 1. The first-order valence-corrected chi connectivity index (χ1v) is 6.49. The van der Waals surface area contributed by atoms with Crippen LogP contribution in [0.25, 0.3) is 0 Å². The van der Waals surface area contributed by atoms with Crippen LogP contribution in [-0.2, 0) is 17.9 Å². The van der Waals surface area contributed by atoms with Crippen molar-refractivity contribution in [3.05, 3.63) is 23.5 Å². The van der Waals surface area contributed by atoms with Gasteiger partial charge >= 0.3 is 5.97 Å². The molecule has 2 atom stereocenters. The Bertz CT molecular complexity index is 469. The van der Waals surface area contributed by atoms with Crippen molar-refractivity contribution in [1.82, 2.24) is 9.47 Å². The molecule has 2 aliphatic heterocycles. The van der Waals surface area contributed by atoms with E-state index in [1.807, 2.05) is 17.2 Å². The van der Waals surface area contributed by atoms with Crippen LogP contribution in [0.15, 0.2) is 12.3 Å². The van der Waals surface area contributed by atoms with E-state index in [1.54, 1.807) is 0 Å². The highest BCUT2D eigenvalue weighted by Gasteiger charge is 2.32. The normalized spacial score (nSPS) is 27.6. The Balaban J connectivity index is 1.79. The summed E-state index contributed by atoms with van der Waals surface area (Å²) in [6.45, 7) is 2.33. The number of carbonyl (C=O) groups is 1. The average Bonchev–Trinajstić information content (AvgIpc) is 2.99. The fourth-order valence-electron chi connectivity index (χ4n) is 3.18. The van der Waals surface area contributed by atoms with Crippen LogP contribution in [0.3, 0.4) is 0 Å². The smallest absolute Gasteiger partial charge is 0.320 e. The molecule has 2 unspecified atom stereocenters. The number of likely N-dealkylation sites (tertiary alicyclic amines) is 1. The summed E-state index contributed by atoms with van der Waals surface area (Å²) in [5, 5.41) is 19.1. The highest BCUT2D eigenvalue weighted by atomic mass is 16.4. The third kappa shape index (κ3) is 1.83. The number of nitrogens with zero attached hydrogens (tertiary/aromatic N) is 2. The fourth-order valence-corrected chi connectivity index (χ4v) is 3.18. The van der Waals surface area contributed by atoms with Crippen LogP contribution < -0.4 is 0 Å². The highest BCUT2D eigenvalue weighted by molar-refractivity contribution is 5.73. The van der Waals surface area contributed by atoms with Gasteiger partial charge in [0.2, 0.25) is 0 Å². The van der Waals surface area contributed by atoms with Gasteiger partial charge in [0.05, 0.1) is 11.8 Å². The Kier molecular flexibility index (Phi) is 2.87. The van der Waals surface area contributed by atoms with Gasteiger partial charge in [0, 0.05) is 19.3 Å². The van der Waals surface area contributed by atoms with Gasteiger partial charge in [-0.15, -0.1) is 0 Å². The molecule has 0 radical (unpaired) electrons. The molecule has 18 heavy (non-hydrogen) atoms. The maximum absolute atomic E-state index is 11.1. The van der Waals surface area contributed by atoms with Gasteiger partial charge in [-0.25, -0.2) is 0 Å². The molecule has 3 heterocycles. The van der Waals surface area contributed by atoms with Crippen LogP contribution in [0, 0.1) is 0 Å². The Labute approximate surface area is 106 Å². The summed E-state index contributed by atoms with van der Waals surface area (Å²) < 4.78 is 2.08. The first-order valence-electron chi connectivity index (χ1n) is 6.49. The molecule has 0 aliphatic carbocycles. The molecule has 1 aromatic rings. The van der Waals surface area contributed by atoms with Gasteiger partial charge in [0.1, 0.15) is 6.04 Å². The largest absolute Gasteiger partial charge is 0.480 e. The Morgan fingerprint density at radius 1 is 1.39 bits per heavy atom. The lowest BCUT2D eigenvalue weighted by Crippen LogP contribution is -2.35. The molecule has 0 amide bonds. The molecule has 1 saturated heterocycles. The van der Waals surface area contributed by atoms with E-state index in [1.165, 1.54) is 0 Å². The topological polar surface area (TPSA) is 65.7 Å². The summed E-state index contributed by atoms with van der Waals surface area (Å²) in [4.78, 5) is 13.1. The number of carboxylic acid groups (broad SMARTS) is 1. The van der Waals surface area contributed by atoms with Crippen molar-refractivity contribution in [1.29, 1.82) is 0 Å². The number of hydrogen-bond acceptors (Lipinski definition) is 3. The minimum Gasteiger partial charge on any atom is -0.480 e. The SMILES string of the molecule is O=C(O)C1CCCN1Cc1ccn2c1C(O)CC2. The predicted octanol–water partition coefficient (Wildman–Crippen LogP) is 0.974. The molecule has 0 aromatic carbocycles. The van der Waals surface area contributed by atoms with E-state index in [9.17, 15) is 9.90 Å². The molecule has 0 spiro atoms. The molecule has 98 valence electrons. The summed E-state index contributed by atoms with van der Waals surface area (Å²) in [5.74, 6) is -0.732. The molecule has 3 rings (SSSR count). The summed E-state index contributed by atoms with van der Waals surface area (Å²) in [7, 11) is 0. The minimum atomic E-state index is -0.732. The first-order chi connectivity index (χ1) is 8.66. The first kappa shape index (κ1) is 11.7. The van der Waals surface area contributed by atoms with E-state index in [2.05, 4.69) is 4.57 Å². The molecule has 1 aromatic heterocycles. The van der Waals surface area contributed by atoms with Crippen LogP contribution in [0.4, 0.5) is 0 Å². The second-order valence-electron chi connectivity index (χ2n) is 5.19. The van der Waals surface area contributed by atoms with Gasteiger partial charge in [0.15, 0.2) is 0 Å². The van der Waals surface area contributed by atoms with E-state index in [4.69, 9.17) is 5.11 Å². The van der Waals surface area contributed by atoms with E-state index in [0.29, 0.717) is 6.54 Å². The number of rotatable bonds is 3. The Morgan fingerprint density at radius 2 is 2.22 bits per heavy atom. The van der Waals surface area contributed by atoms with Crippen LogP contribution in [0.2, 0.25) is 0 Å². The number of aliphatic hydroxyl groups excluding tert-OH is 1. The summed E-state index contributed by atoms with van der Waals surface area (Å²) >= 11 is 0. The lowest BCUT2D eigenvalue weighted by atomic mass is 10.1. The molecule has 2 aliphatic rings. The standard InChI is InChI=1S/C13H18N2O3/c16-11-4-7-14-6-3-9(12(11)14)8-15-5-1-2-10(15)13(17)18/h3,6,10-11,16H,1-2,4-5,7-8H2,(H,17,18). The van der Waals surface area contributed by atoms with Gasteiger partial charge in [-0.1, -0.05) is 0 Å². The summed E-state index contributed by atoms with van der Waals surface area (Å²) in [6.07, 6.45) is 4.04. The lowest BCUT2D eigenvalue weighted by molar-refractivity contribution is -0.142.